The van der Waals surface area contributed by atoms with Crippen LogP contribution in [0.2, 0.25) is 0 Å². The number of likely N-dealkylation sites (tertiary alicyclic amines) is 1. The highest BCUT2D eigenvalue weighted by Crippen LogP contribution is 2.24. The molecule has 1 fully saturated rings. The van der Waals surface area contributed by atoms with Crippen LogP contribution in [0.5, 0.6) is 0 Å². The molecule has 1 saturated heterocycles. The highest BCUT2D eigenvalue weighted by atomic mass is 16.5. The lowest BCUT2D eigenvalue weighted by molar-refractivity contribution is 0.216. The van der Waals surface area contributed by atoms with Crippen molar-refractivity contribution in [3.05, 3.63) is 34.5 Å². The lowest BCUT2D eigenvalue weighted by Crippen LogP contribution is -2.33. The second-order valence-electron chi connectivity index (χ2n) is 6.18. The maximum atomic E-state index is 5.29. The molecule has 1 aliphatic heterocycles. The molecule has 3 rings (SSSR count). The van der Waals surface area contributed by atoms with Crippen LogP contribution in [0.25, 0.3) is 0 Å². The van der Waals surface area contributed by atoms with E-state index in [2.05, 4.69) is 39.8 Å². The van der Waals surface area contributed by atoms with Gasteiger partial charge in [0.1, 0.15) is 5.76 Å². The largest absolute Gasteiger partial charge is 0.361 e. The SMILES string of the molecule is Cc1cc(C)n(C[C@@H]2CCCN2Cc2c(C)noc2C)n1. The van der Waals surface area contributed by atoms with E-state index >= 15 is 0 Å². The molecule has 2 aromatic heterocycles. The Morgan fingerprint density at radius 2 is 2.10 bits per heavy atom. The Morgan fingerprint density at radius 3 is 2.71 bits per heavy atom. The molecule has 0 aliphatic carbocycles. The average Bonchev–Trinajstić information content (AvgIpc) is 3.08. The second-order valence-corrected chi connectivity index (χ2v) is 6.18. The van der Waals surface area contributed by atoms with E-state index in [4.69, 9.17) is 4.52 Å². The summed E-state index contributed by atoms with van der Waals surface area (Å²) in [4.78, 5) is 2.54. The van der Waals surface area contributed by atoms with E-state index in [1.54, 1.807) is 0 Å². The van der Waals surface area contributed by atoms with Crippen molar-refractivity contribution in [3.63, 3.8) is 0 Å². The molecular weight excluding hydrogens is 264 g/mol. The van der Waals surface area contributed by atoms with Crippen LogP contribution in [-0.4, -0.2) is 32.4 Å². The molecule has 0 aromatic carbocycles. The van der Waals surface area contributed by atoms with Gasteiger partial charge in [0.05, 0.1) is 17.9 Å². The normalized spacial score (nSPS) is 19.5. The van der Waals surface area contributed by atoms with E-state index in [1.807, 2.05) is 13.8 Å². The van der Waals surface area contributed by atoms with Crippen LogP contribution in [0.4, 0.5) is 0 Å². The first kappa shape index (κ1) is 14.3. The number of hydrogen-bond acceptors (Lipinski definition) is 4. The first-order valence-corrected chi connectivity index (χ1v) is 7.71. The van der Waals surface area contributed by atoms with Crippen molar-refractivity contribution in [1.29, 1.82) is 0 Å². The highest BCUT2D eigenvalue weighted by molar-refractivity contribution is 5.20. The maximum Gasteiger partial charge on any atom is 0.138 e. The third-order valence-electron chi connectivity index (χ3n) is 4.53. The molecule has 0 saturated carbocycles. The van der Waals surface area contributed by atoms with Gasteiger partial charge in [0.25, 0.3) is 0 Å². The molecule has 2 aromatic rings. The molecule has 0 bridgehead atoms. The van der Waals surface area contributed by atoms with Gasteiger partial charge in [0.2, 0.25) is 0 Å². The fourth-order valence-electron chi connectivity index (χ4n) is 3.30. The Labute approximate surface area is 125 Å². The Hall–Kier alpha value is -1.62. The Bertz CT molecular complexity index is 609. The van der Waals surface area contributed by atoms with Crippen molar-refractivity contribution in [1.82, 2.24) is 19.8 Å². The molecule has 0 spiro atoms. The average molecular weight is 288 g/mol. The molecule has 3 heterocycles. The first-order valence-electron chi connectivity index (χ1n) is 7.71. The maximum absolute atomic E-state index is 5.29. The fraction of sp³-hybridized carbons (Fsp3) is 0.625. The predicted molar refractivity (Wildman–Crippen MR) is 81.1 cm³/mol. The summed E-state index contributed by atoms with van der Waals surface area (Å²) in [7, 11) is 0. The predicted octanol–water partition coefficient (Wildman–Crippen LogP) is 2.77. The van der Waals surface area contributed by atoms with Gasteiger partial charge in [-0.1, -0.05) is 5.16 Å². The summed E-state index contributed by atoms with van der Waals surface area (Å²) < 4.78 is 7.43. The van der Waals surface area contributed by atoms with Crippen LogP contribution in [0.3, 0.4) is 0 Å². The number of aromatic nitrogens is 3. The van der Waals surface area contributed by atoms with Crippen molar-refractivity contribution in [2.24, 2.45) is 0 Å². The molecule has 0 N–H and O–H groups in total. The highest BCUT2D eigenvalue weighted by Gasteiger charge is 2.27. The van der Waals surface area contributed by atoms with E-state index in [9.17, 15) is 0 Å². The van der Waals surface area contributed by atoms with Crippen LogP contribution in [0.15, 0.2) is 10.6 Å². The molecule has 1 atom stereocenters. The Balaban J connectivity index is 1.72. The topological polar surface area (TPSA) is 47.1 Å². The van der Waals surface area contributed by atoms with Gasteiger partial charge in [-0.15, -0.1) is 0 Å². The van der Waals surface area contributed by atoms with Gasteiger partial charge < -0.3 is 4.52 Å². The van der Waals surface area contributed by atoms with Crippen LogP contribution < -0.4 is 0 Å². The van der Waals surface area contributed by atoms with Gasteiger partial charge in [-0.2, -0.15) is 5.10 Å². The zero-order valence-corrected chi connectivity index (χ0v) is 13.4. The molecular formula is C16H24N4O. The number of aryl methyl sites for hydroxylation is 4. The summed E-state index contributed by atoms with van der Waals surface area (Å²) in [5, 5.41) is 8.66. The van der Waals surface area contributed by atoms with E-state index in [1.165, 1.54) is 24.1 Å². The summed E-state index contributed by atoms with van der Waals surface area (Å²) in [6.45, 7) is 11.3. The smallest absolute Gasteiger partial charge is 0.138 e. The van der Waals surface area contributed by atoms with Crippen molar-refractivity contribution in [2.75, 3.05) is 6.54 Å². The van der Waals surface area contributed by atoms with E-state index in [0.29, 0.717) is 6.04 Å². The zero-order chi connectivity index (χ0) is 15.0. The Kier molecular flexibility index (Phi) is 3.85. The summed E-state index contributed by atoms with van der Waals surface area (Å²) >= 11 is 0. The minimum atomic E-state index is 0.552. The number of nitrogens with zero attached hydrogens (tertiary/aromatic N) is 4. The van der Waals surface area contributed by atoms with Gasteiger partial charge >= 0.3 is 0 Å². The van der Waals surface area contributed by atoms with Crippen LogP contribution >= 0.6 is 0 Å². The molecule has 114 valence electrons. The minimum absolute atomic E-state index is 0.552. The van der Waals surface area contributed by atoms with Gasteiger partial charge in [0.15, 0.2) is 0 Å². The van der Waals surface area contributed by atoms with Crippen molar-refractivity contribution in [3.8, 4) is 0 Å². The van der Waals surface area contributed by atoms with Crippen molar-refractivity contribution in [2.45, 2.75) is 59.7 Å². The van der Waals surface area contributed by atoms with Gasteiger partial charge in [-0.05, 0) is 53.1 Å². The minimum Gasteiger partial charge on any atom is -0.361 e. The molecule has 21 heavy (non-hydrogen) atoms. The van der Waals surface area contributed by atoms with Gasteiger partial charge in [-0.25, -0.2) is 0 Å². The molecule has 0 radical (unpaired) electrons. The zero-order valence-electron chi connectivity index (χ0n) is 13.4. The van der Waals surface area contributed by atoms with Crippen LogP contribution in [0.1, 0.15) is 41.2 Å². The fourth-order valence-corrected chi connectivity index (χ4v) is 3.30. The molecule has 5 nitrogen and oxygen atoms in total. The van der Waals surface area contributed by atoms with Crippen LogP contribution in [0, 0.1) is 27.7 Å². The molecule has 0 unspecified atom stereocenters. The van der Waals surface area contributed by atoms with Gasteiger partial charge in [-0.3, -0.25) is 9.58 Å². The monoisotopic (exact) mass is 288 g/mol. The number of rotatable bonds is 4. The van der Waals surface area contributed by atoms with E-state index in [0.717, 1.165) is 36.8 Å². The number of hydrogen-bond donors (Lipinski definition) is 0. The summed E-state index contributed by atoms with van der Waals surface area (Å²) in [6.07, 6.45) is 2.50. The van der Waals surface area contributed by atoms with E-state index in [-0.39, 0.29) is 0 Å². The second kappa shape index (κ2) is 5.64. The first-order chi connectivity index (χ1) is 10.0. The lowest BCUT2D eigenvalue weighted by atomic mass is 10.1. The third-order valence-corrected chi connectivity index (χ3v) is 4.53. The molecule has 5 heteroatoms. The van der Waals surface area contributed by atoms with E-state index < -0.39 is 0 Å². The molecule has 1 aliphatic rings. The third kappa shape index (κ3) is 2.88. The Morgan fingerprint density at radius 1 is 1.29 bits per heavy atom. The quantitative estimate of drug-likeness (QED) is 0.868. The lowest BCUT2D eigenvalue weighted by Gasteiger charge is -2.24. The van der Waals surface area contributed by atoms with Gasteiger partial charge in [0, 0.05) is 23.8 Å². The van der Waals surface area contributed by atoms with Crippen LogP contribution in [-0.2, 0) is 13.1 Å². The van der Waals surface area contributed by atoms with Crippen molar-refractivity contribution >= 4 is 0 Å². The summed E-state index contributed by atoms with van der Waals surface area (Å²) in [5.74, 6) is 0.948. The van der Waals surface area contributed by atoms with Crippen molar-refractivity contribution < 1.29 is 4.52 Å². The molecule has 0 amide bonds. The standard InChI is InChI=1S/C16H24N4O/c1-11-8-12(2)20(17-11)9-15-6-5-7-19(15)10-16-13(3)18-21-14(16)4/h8,15H,5-7,9-10H2,1-4H3/t15-/m0/s1. The summed E-state index contributed by atoms with van der Waals surface area (Å²) in [5.41, 5.74) is 4.61. The summed E-state index contributed by atoms with van der Waals surface area (Å²) in [6, 6.07) is 2.70.